The molecule has 0 fully saturated rings. The van der Waals surface area contributed by atoms with Crippen molar-refractivity contribution in [1.82, 2.24) is 0 Å². The third-order valence-electron chi connectivity index (χ3n) is 2.34. The summed E-state index contributed by atoms with van der Waals surface area (Å²) >= 11 is 0. The Bertz CT molecular complexity index is 363. The first-order chi connectivity index (χ1) is 7.34. The number of hydrogen-bond donors (Lipinski definition) is 2. The second kappa shape index (κ2) is 4.84. The van der Waals surface area contributed by atoms with Crippen LogP contribution in [0.1, 0.15) is 16.7 Å². The van der Waals surface area contributed by atoms with Crippen LogP contribution in [0.3, 0.4) is 0 Å². The van der Waals surface area contributed by atoms with Crippen LogP contribution in [-0.4, -0.2) is 17.8 Å². The Morgan fingerprint density at radius 2 is 2.00 bits per heavy atom. The van der Waals surface area contributed by atoms with Gasteiger partial charge in [-0.05, 0) is 30.5 Å². The molecule has 0 heterocycles. The summed E-state index contributed by atoms with van der Waals surface area (Å²) in [6, 6.07) is 3.58. The molecule has 0 spiro atoms. The van der Waals surface area contributed by atoms with Gasteiger partial charge in [0.1, 0.15) is 0 Å². The fourth-order valence-corrected chi connectivity index (χ4v) is 1.47. The largest absolute Gasteiger partial charge is 0.416 e. The van der Waals surface area contributed by atoms with Crippen molar-refractivity contribution in [3.05, 3.63) is 34.9 Å². The van der Waals surface area contributed by atoms with Crippen molar-refractivity contribution in [2.24, 2.45) is 5.73 Å². The molecule has 1 unspecified atom stereocenters. The van der Waals surface area contributed by atoms with Crippen LogP contribution in [0.4, 0.5) is 13.2 Å². The molecule has 1 atom stereocenters. The van der Waals surface area contributed by atoms with Crippen LogP contribution in [0.25, 0.3) is 0 Å². The third-order valence-corrected chi connectivity index (χ3v) is 2.34. The highest BCUT2D eigenvalue weighted by Gasteiger charge is 2.32. The molecule has 0 aromatic heterocycles. The zero-order valence-corrected chi connectivity index (χ0v) is 8.88. The number of rotatable bonds is 3. The Morgan fingerprint density at radius 1 is 1.38 bits per heavy atom. The summed E-state index contributed by atoms with van der Waals surface area (Å²) < 4.78 is 37.7. The van der Waals surface area contributed by atoms with Gasteiger partial charge in [-0.25, -0.2) is 0 Å². The van der Waals surface area contributed by atoms with Crippen molar-refractivity contribution >= 4 is 0 Å². The van der Waals surface area contributed by atoms with Crippen molar-refractivity contribution < 1.29 is 18.3 Å². The van der Waals surface area contributed by atoms with Gasteiger partial charge >= 0.3 is 6.18 Å². The summed E-state index contributed by atoms with van der Waals surface area (Å²) in [6.45, 7) is 1.17. The second-order valence-corrected chi connectivity index (χ2v) is 3.79. The van der Waals surface area contributed by atoms with Crippen molar-refractivity contribution in [2.75, 3.05) is 6.61 Å². The molecule has 16 heavy (non-hydrogen) atoms. The minimum atomic E-state index is -4.34. The standard InChI is InChI=1S/C11H14F3NO/c1-7-2-3-8(4-9(15)6-16)5-10(7)11(12,13)14/h2-3,5,9,16H,4,6,15H2,1H3. The van der Waals surface area contributed by atoms with Crippen LogP contribution in [0, 0.1) is 6.92 Å². The first-order valence-corrected chi connectivity index (χ1v) is 4.87. The highest BCUT2D eigenvalue weighted by molar-refractivity contribution is 5.33. The van der Waals surface area contributed by atoms with Crippen molar-refractivity contribution in [1.29, 1.82) is 0 Å². The summed E-state index contributed by atoms with van der Waals surface area (Å²) in [5.41, 5.74) is 5.50. The smallest absolute Gasteiger partial charge is 0.395 e. The SMILES string of the molecule is Cc1ccc(CC(N)CO)cc1C(F)(F)F. The Balaban J connectivity index is 2.99. The summed E-state index contributed by atoms with van der Waals surface area (Å²) in [5.74, 6) is 0. The highest BCUT2D eigenvalue weighted by atomic mass is 19.4. The van der Waals surface area contributed by atoms with Crippen LogP contribution in [0.5, 0.6) is 0 Å². The molecular weight excluding hydrogens is 219 g/mol. The molecule has 0 saturated heterocycles. The molecule has 1 rings (SSSR count). The molecule has 0 radical (unpaired) electrons. The Kier molecular flexibility index (Phi) is 3.93. The van der Waals surface area contributed by atoms with E-state index < -0.39 is 17.8 Å². The lowest BCUT2D eigenvalue weighted by atomic mass is 10.0. The Hall–Kier alpha value is -1.07. The fraction of sp³-hybridized carbons (Fsp3) is 0.455. The number of aryl methyl sites for hydroxylation is 1. The van der Waals surface area contributed by atoms with Crippen LogP contribution < -0.4 is 5.73 Å². The van der Waals surface area contributed by atoms with Crippen molar-refractivity contribution in [3.8, 4) is 0 Å². The number of alkyl halides is 3. The summed E-state index contributed by atoms with van der Waals surface area (Å²) in [4.78, 5) is 0. The van der Waals surface area contributed by atoms with E-state index in [1.54, 1.807) is 6.07 Å². The van der Waals surface area contributed by atoms with Gasteiger partial charge < -0.3 is 10.8 Å². The topological polar surface area (TPSA) is 46.2 Å². The van der Waals surface area contributed by atoms with E-state index in [1.165, 1.54) is 13.0 Å². The van der Waals surface area contributed by atoms with Crippen molar-refractivity contribution in [2.45, 2.75) is 25.6 Å². The number of hydrogen-bond acceptors (Lipinski definition) is 2. The van der Waals surface area contributed by atoms with E-state index in [1.807, 2.05) is 0 Å². The van der Waals surface area contributed by atoms with Gasteiger partial charge in [0, 0.05) is 6.04 Å². The van der Waals surface area contributed by atoms with Gasteiger partial charge in [-0.3, -0.25) is 0 Å². The van der Waals surface area contributed by atoms with E-state index in [4.69, 9.17) is 10.8 Å². The number of benzene rings is 1. The Labute approximate surface area is 91.9 Å². The lowest BCUT2D eigenvalue weighted by Crippen LogP contribution is -2.27. The zero-order valence-electron chi connectivity index (χ0n) is 8.88. The van der Waals surface area contributed by atoms with Gasteiger partial charge in [-0.1, -0.05) is 12.1 Å². The minimum absolute atomic E-state index is 0.189. The zero-order chi connectivity index (χ0) is 12.3. The maximum absolute atomic E-state index is 12.6. The van der Waals surface area contributed by atoms with Gasteiger partial charge in [0.25, 0.3) is 0 Å². The van der Waals surface area contributed by atoms with Crippen LogP contribution in [0.15, 0.2) is 18.2 Å². The van der Waals surface area contributed by atoms with E-state index in [0.717, 1.165) is 6.07 Å². The van der Waals surface area contributed by atoms with Gasteiger partial charge in [-0.2, -0.15) is 13.2 Å². The predicted molar refractivity (Wildman–Crippen MR) is 54.9 cm³/mol. The predicted octanol–water partition coefficient (Wildman–Crippen LogP) is 1.88. The molecular formula is C11H14F3NO. The lowest BCUT2D eigenvalue weighted by molar-refractivity contribution is -0.138. The minimum Gasteiger partial charge on any atom is -0.395 e. The van der Waals surface area contributed by atoms with Crippen molar-refractivity contribution in [3.63, 3.8) is 0 Å². The van der Waals surface area contributed by atoms with Crippen LogP contribution >= 0.6 is 0 Å². The maximum atomic E-state index is 12.6. The molecule has 1 aromatic carbocycles. The third kappa shape index (κ3) is 3.21. The average molecular weight is 233 g/mol. The molecule has 0 bridgehead atoms. The number of halogens is 3. The van der Waals surface area contributed by atoms with E-state index in [9.17, 15) is 13.2 Å². The molecule has 0 aliphatic heterocycles. The van der Waals surface area contributed by atoms with E-state index in [2.05, 4.69) is 0 Å². The maximum Gasteiger partial charge on any atom is 0.416 e. The summed E-state index contributed by atoms with van der Waals surface area (Å²) in [5, 5.41) is 8.73. The molecule has 90 valence electrons. The summed E-state index contributed by atoms with van der Waals surface area (Å²) in [7, 11) is 0. The van der Waals surface area contributed by atoms with Gasteiger partial charge in [0.05, 0.1) is 12.2 Å². The van der Waals surface area contributed by atoms with E-state index in [0.29, 0.717) is 5.56 Å². The normalized spacial score (nSPS) is 13.9. The highest BCUT2D eigenvalue weighted by Crippen LogP contribution is 2.32. The molecule has 0 amide bonds. The number of aliphatic hydroxyl groups is 1. The molecule has 0 aliphatic carbocycles. The molecule has 2 nitrogen and oxygen atoms in total. The lowest BCUT2D eigenvalue weighted by Gasteiger charge is -2.13. The fourth-order valence-electron chi connectivity index (χ4n) is 1.47. The van der Waals surface area contributed by atoms with E-state index >= 15 is 0 Å². The molecule has 1 aromatic rings. The van der Waals surface area contributed by atoms with Crippen LogP contribution in [-0.2, 0) is 12.6 Å². The quantitative estimate of drug-likeness (QED) is 0.837. The van der Waals surface area contributed by atoms with E-state index in [-0.39, 0.29) is 18.6 Å². The molecule has 3 N–H and O–H groups in total. The first-order valence-electron chi connectivity index (χ1n) is 4.87. The molecule has 0 saturated carbocycles. The monoisotopic (exact) mass is 233 g/mol. The first kappa shape index (κ1) is 13.0. The van der Waals surface area contributed by atoms with Gasteiger partial charge in [-0.15, -0.1) is 0 Å². The van der Waals surface area contributed by atoms with Gasteiger partial charge in [0.2, 0.25) is 0 Å². The molecule has 5 heteroatoms. The van der Waals surface area contributed by atoms with Crippen LogP contribution in [0.2, 0.25) is 0 Å². The number of nitrogens with two attached hydrogens (primary N) is 1. The summed E-state index contributed by atoms with van der Waals surface area (Å²) in [6.07, 6.45) is -4.11. The van der Waals surface area contributed by atoms with Gasteiger partial charge in [0.15, 0.2) is 0 Å². The number of aliphatic hydroxyl groups excluding tert-OH is 1. The second-order valence-electron chi connectivity index (χ2n) is 3.79. The Morgan fingerprint density at radius 3 is 2.50 bits per heavy atom. The average Bonchev–Trinajstić information content (AvgIpc) is 2.19. The molecule has 0 aliphatic rings.